The number of ether oxygens (including phenoxy) is 1. The summed E-state index contributed by atoms with van der Waals surface area (Å²) in [4.78, 5) is 39.7. The Balaban J connectivity index is 1.30. The predicted octanol–water partition coefficient (Wildman–Crippen LogP) is 5.14. The number of hydrogen-bond donors (Lipinski definition) is 2. The van der Waals surface area contributed by atoms with Crippen molar-refractivity contribution in [3.8, 4) is 11.5 Å². The molecule has 1 aliphatic heterocycles. The van der Waals surface area contributed by atoms with Gasteiger partial charge < -0.3 is 9.84 Å². The van der Waals surface area contributed by atoms with Crippen LogP contribution in [0, 0.1) is 21.3 Å². The number of urea groups is 1. The quantitative estimate of drug-likeness (QED) is 0.289. The van der Waals surface area contributed by atoms with E-state index in [2.05, 4.69) is 17.4 Å². The van der Waals surface area contributed by atoms with E-state index in [0.717, 1.165) is 22.7 Å². The first-order valence-corrected chi connectivity index (χ1v) is 13.4. The molecular weight excluding hydrogens is 571 g/mol. The maximum absolute atomic E-state index is 13.4. The Bertz CT molecular complexity index is 1280. The largest absolute Gasteiger partial charge is 0.504 e. The molecule has 8 heteroatoms. The van der Waals surface area contributed by atoms with Crippen LogP contribution in [0.1, 0.15) is 49.7 Å². The van der Waals surface area contributed by atoms with Crippen LogP contribution in [-0.4, -0.2) is 30.1 Å². The molecular formula is C28H27IN2O5. The minimum absolute atomic E-state index is 0.0180. The maximum Gasteiger partial charge on any atom is 0.335 e. The summed E-state index contributed by atoms with van der Waals surface area (Å²) in [6.45, 7) is 0. The zero-order valence-electron chi connectivity index (χ0n) is 19.9. The molecule has 0 spiro atoms. The summed E-state index contributed by atoms with van der Waals surface area (Å²) in [5.41, 5.74) is 2.29. The van der Waals surface area contributed by atoms with E-state index in [9.17, 15) is 19.5 Å². The van der Waals surface area contributed by atoms with Gasteiger partial charge >= 0.3 is 6.03 Å². The molecule has 186 valence electrons. The summed E-state index contributed by atoms with van der Waals surface area (Å²) < 4.78 is 5.69. The number of barbiturate groups is 1. The van der Waals surface area contributed by atoms with Crippen LogP contribution in [-0.2, 0) is 15.0 Å². The number of hydrogen-bond acceptors (Lipinski definition) is 5. The van der Waals surface area contributed by atoms with Crippen molar-refractivity contribution in [2.75, 3.05) is 12.0 Å². The molecule has 1 heterocycles. The lowest BCUT2D eigenvalue weighted by atomic mass is 9.48. The van der Waals surface area contributed by atoms with Crippen molar-refractivity contribution in [2.45, 2.75) is 43.9 Å². The molecule has 4 amide bonds. The van der Waals surface area contributed by atoms with Gasteiger partial charge in [-0.1, -0.05) is 12.1 Å². The summed E-state index contributed by atoms with van der Waals surface area (Å²) in [6.07, 6.45) is 9.22. The lowest BCUT2D eigenvalue weighted by molar-refractivity contribution is -0.122. The van der Waals surface area contributed by atoms with Crippen molar-refractivity contribution in [2.24, 2.45) is 17.8 Å². The zero-order chi connectivity index (χ0) is 25.2. The number of nitrogens with one attached hydrogen (secondary N) is 1. The van der Waals surface area contributed by atoms with Crippen molar-refractivity contribution in [3.05, 3.63) is 56.7 Å². The Morgan fingerprint density at radius 1 is 1.03 bits per heavy atom. The number of amides is 4. The van der Waals surface area contributed by atoms with Crippen molar-refractivity contribution in [1.29, 1.82) is 0 Å². The standard InChI is InChI=1S/C28H27IN2O5/c1-36-23-11-15(10-22(29)24(23)32)9-21-25(33)30-27(35)31(26(21)34)20-4-2-19(3-5-20)28-12-16-6-17(13-28)8-18(7-16)14-28/h2-5,9-11,16-18,32H,6-8,12-14H2,1H3,(H,30,33,35)/b21-9+. The first kappa shape index (κ1) is 23.5. The molecule has 0 atom stereocenters. The van der Waals surface area contributed by atoms with Crippen LogP contribution in [0.3, 0.4) is 0 Å². The molecule has 0 radical (unpaired) electrons. The molecule has 0 unspecified atom stereocenters. The van der Waals surface area contributed by atoms with Gasteiger partial charge in [0.15, 0.2) is 11.5 Å². The summed E-state index contributed by atoms with van der Waals surface area (Å²) in [7, 11) is 1.42. The minimum Gasteiger partial charge on any atom is -0.504 e. The van der Waals surface area contributed by atoms with Crippen LogP contribution >= 0.6 is 22.6 Å². The fourth-order valence-electron chi connectivity index (χ4n) is 7.32. The molecule has 2 aromatic rings. The van der Waals surface area contributed by atoms with Gasteiger partial charge in [-0.25, -0.2) is 9.69 Å². The molecule has 7 rings (SSSR count). The number of nitrogens with zero attached hydrogens (tertiary/aromatic N) is 1. The van der Waals surface area contributed by atoms with E-state index in [1.165, 1.54) is 63.3 Å². The van der Waals surface area contributed by atoms with E-state index in [0.29, 0.717) is 14.8 Å². The van der Waals surface area contributed by atoms with E-state index in [1.54, 1.807) is 6.07 Å². The number of phenols is 1. The van der Waals surface area contributed by atoms with Crippen LogP contribution < -0.4 is 15.0 Å². The molecule has 1 saturated heterocycles. The van der Waals surface area contributed by atoms with Crippen molar-refractivity contribution in [3.63, 3.8) is 0 Å². The highest BCUT2D eigenvalue weighted by molar-refractivity contribution is 14.1. The van der Waals surface area contributed by atoms with E-state index in [1.807, 2.05) is 34.7 Å². The van der Waals surface area contributed by atoms with Gasteiger partial charge in [0.2, 0.25) is 0 Å². The Hall–Kier alpha value is -2.88. The van der Waals surface area contributed by atoms with Crippen molar-refractivity contribution < 1.29 is 24.2 Å². The Kier molecular flexibility index (Phi) is 5.62. The SMILES string of the molecule is COc1cc(/C=C2\C(=O)NC(=O)N(c3ccc(C45CC6CC(CC(C6)C4)C5)cc3)C2=O)cc(I)c1O. The molecule has 4 saturated carbocycles. The van der Waals surface area contributed by atoms with Gasteiger partial charge in [-0.15, -0.1) is 0 Å². The van der Waals surface area contributed by atoms with Crippen molar-refractivity contribution in [1.82, 2.24) is 5.32 Å². The molecule has 5 fully saturated rings. The smallest absolute Gasteiger partial charge is 0.335 e. The molecule has 2 aromatic carbocycles. The van der Waals surface area contributed by atoms with Crippen LogP contribution in [0.15, 0.2) is 42.0 Å². The molecule has 36 heavy (non-hydrogen) atoms. The number of methoxy groups -OCH3 is 1. The zero-order valence-corrected chi connectivity index (χ0v) is 22.1. The monoisotopic (exact) mass is 598 g/mol. The van der Waals surface area contributed by atoms with Crippen LogP contribution in [0.2, 0.25) is 0 Å². The first-order valence-electron chi connectivity index (χ1n) is 12.3. The molecule has 0 aromatic heterocycles. The number of phenolic OH excluding ortho intramolecular Hbond substituents is 1. The summed E-state index contributed by atoms with van der Waals surface area (Å²) in [6, 6.07) is 10.2. The number of imide groups is 2. The highest BCUT2D eigenvalue weighted by Crippen LogP contribution is 2.60. The third kappa shape index (κ3) is 3.81. The van der Waals surface area contributed by atoms with Gasteiger partial charge in [-0.05, 0) is 126 Å². The topological polar surface area (TPSA) is 95.9 Å². The van der Waals surface area contributed by atoms with E-state index >= 15 is 0 Å². The maximum atomic E-state index is 13.4. The van der Waals surface area contributed by atoms with Gasteiger partial charge in [-0.3, -0.25) is 14.9 Å². The molecule has 4 aliphatic carbocycles. The number of carbonyl (C=O) groups excluding carboxylic acids is 3. The summed E-state index contributed by atoms with van der Waals surface area (Å²) in [5, 5.41) is 12.4. The Labute approximate surface area is 223 Å². The first-order chi connectivity index (χ1) is 17.3. The minimum atomic E-state index is -0.762. The van der Waals surface area contributed by atoms with Gasteiger partial charge in [-0.2, -0.15) is 0 Å². The molecule has 5 aliphatic rings. The second-order valence-electron chi connectivity index (χ2n) is 10.8. The lowest BCUT2D eigenvalue weighted by Gasteiger charge is -2.57. The van der Waals surface area contributed by atoms with Crippen LogP contribution in [0.5, 0.6) is 11.5 Å². The highest BCUT2D eigenvalue weighted by Gasteiger charge is 2.51. The number of benzene rings is 2. The van der Waals surface area contributed by atoms with Gasteiger partial charge in [0.25, 0.3) is 11.8 Å². The third-order valence-electron chi connectivity index (χ3n) is 8.46. The predicted molar refractivity (Wildman–Crippen MR) is 143 cm³/mol. The fraction of sp³-hybridized carbons (Fsp3) is 0.393. The Morgan fingerprint density at radius 2 is 1.64 bits per heavy atom. The second-order valence-corrected chi connectivity index (χ2v) is 11.9. The van der Waals surface area contributed by atoms with Crippen LogP contribution in [0.4, 0.5) is 10.5 Å². The number of carbonyl (C=O) groups is 3. The van der Waals surface area contributed by atoms with E-state index in [4.69, 9.17) is 4.74 Å². The van der Waals surface area contributed by atoms with Gasteiger partial charge in [0, 0.05) is 0 Å². The molecule has 4 bridgehead atoms. The second kappa shape index (κ2) is 8.61. The number of rotatable bonds is 4. The average molecular weight is 598 g/mol. The number of halogens is 1. The highest BCUT2D eigenvalue weighted by atomic mass is 127. The van der Waals surface area contributed by atoms with E-state index in [-0.39, 0.29) is 22.5 Å². The Morgan fingerprint density at radius 3 is 2.22 bits per heavy atom. The van der Waals surface area contributed by atoms with Crippen LogP contribution in [0.25, 0.3) is 6.08 Å². The van der Waals surface area contributed by atoms with Gasteiger partial charge in [0.05, 0.1) is 16.4 Å². The number of aromatic hydroxyl groups is 1. The third-order valence-corrected chi connectivity index (χ3v) is 9.28. The fourth-order valence-corrected chi connectivity index (χ4v) is 7.94. The lowest BCUT2D eigenvalue weighted by Crippen LogP contribution is -2.54. The van der Waals surface area contributed by atoms with Gasteiger partial charge in [0.1, 0.15) is 5.57 Å². The summed E-state index contributed by atoms with van der Waals surface area (Å²) >= 11 is 1.95. The van der Waals surface area contributed by atoms with Crippen molar-refractivity contribution >= 4 is 52.2 Å². The normalized spacial score (nSPS) is 30.2. The summed E-state index contributed by atoms with van der Waals surface area (Å²) in [5.74, 6) is 1.24. The molecule has 7 nitrogen and oxygen atoms in total. The number of anilines is 1. The average Bonchev–Trinajstić information content (AvgIpc) is 2.83. The van der Waals surface area contributed by atoms with E-state index < -0.39 is 17.8 Å². The molecule has 2 N–H and O–H groups in total.